The molecule has 1 aliphatic heterocycles. The lowest BCUT2D eigenvalue weighted by Crippen LogP contribution is -2.24. The Kier molecular flexibility index (Phi) is 4.86. The van der Waals surface area contributed by atoms with E-state index in [2.05, 4.69) is 58.1 Å². The molecule has 0 bridgehead atoms. The molecule has 1 unspecified atom stereocenters. The molecule has 1 atom stereocenters. The second-order valence-electron chi connectivity index (χ2n) is 9.87. The van der Waals surface area contributed by atoms with Crippen molar-refractivity contribution in [2.24, 2.45) is 5.92 Å². The molecule has 1 nitrogen and oxygen atoms in total. The average molecular weight is 389 g/mol. The third-order valence-electron chi connectivity index (χ3n) is 6.03. The number of hydrogen-bond acceptors (Lipinski definition) is 3. The van der Waals surface area contributed by atoms with Crippen molar-refractivity contribution >= 4 is 22.7 Å². The van der Waals surface area contributed by atoms with Crippen LogP contribution in [0.25, 0.3) is 0 Å². The molecular formula is C23H32OS2. The Balaban J connectivity index is 1.49. The van der Waals surface area contributed by atoms with Crippen LogP contribution in [-0.2, 0) is 41.4 Å². The first-order valence-corrected chi connectivity index (χ1v) is 11.7. The first kappa shape index (κ1) is 18.7. The number of hydrogen-bond donors (Lipinski definition) is 0. The summed E-state index contributed by atoms with van der Waals surface area (Å²) >= 11 is 4.12. The number of ether oxygens (including phenoxy) is 1. The van der Waals surface area contributed by atoms with Crippen LogP contribution >= 0.6 is 22.7 Å². The van der Waals surface area contributed by atoms with E-state index in [9.17, 15) is 0 Å². The van der Waals surface area contributed by atoms with Crippen LogP contribution in [0.5, 0.6) is 0 Å². The summed E-state index contributed by atoms with van der Waals surface area (Å²) in [6, 6.07) is 4.94. The molecule has 26 heavy (non-hydrogen) atoms. The molecule has 0 saturated heterocycles. The standard InChI is InChI=1S/C23H32OS2/c1-22(2,3)20-11-16-7-6-15(10-19(16)26-20)13-23(4,5)21-12-17-14-24-9-8-18(17)25-21/h11-12,15H,6-10,13-14H2,1-5H3. The van der Waals surface area contributed by atoms with E-state index in [1.54, 1.807) is 25.1 Å². The molecule has 3 heterocycles. The van der Waals surface area contributed by atoms with Crippen LogP contribution in [0, 0.1) is 5.92 Å². The Morgan fingerprint density at radius 2 is 1.69 bits per heavy atom. The molecule has 2 aromatic heterocycles. The Labute approximate surface area is 166 Å². The largest absolute Gasteiger partial charge is 0.376 e. The van der Waals surface area contributed by atoms with E-state index in [0.717, 1.165) is 25.6 Å². The molecule has 2 aliphatic rings. The zero-order valence-corrected chi connectivity index (χ0v) is 18.5. The van der Waals surface area contributed by atoms with E-state index in [1.807, 2.05) is 11.3 Å². The van der Waals surface area contributed by atoms with Gasteiger partial charge < -0.3 is 4.74 Å². The van der Waals surface area contributed by atoms with Gasteiger partial charge in [-0.1, -0.05) is 34.6 Å². The molecule has 3 heteroatoms. The van der Waals surface area contributed by atoms with Gasteiger partial charge in [0.1, 0.15) is 0 Å². The lowest BCUT2D eigenvalue weighted by atomic mass is 9.75. The van der Waals surface area contributed by atoms with E-state index in [4.69, 9.17) is 4.74 Å². The van der Waals surface area contributed by atoms with Gasteiger partial charge in [0.2, 0.25) is 0 Å². The molecule has 1 aliphatic carbocycles. The zero-order chi connectivity index (χ0) is 18.5. The van der Waals surface area contributed by atoms with Crippen molar-refractivity contribution in [3.63, 3.8) is 0 Å². The predicted octanol–water partition coefficient (Wildman–Crippen LogP) is 6.65. The quantitative estimate of drug-likeness (QED) is 0.572. The maximum atomic E-state index is 5.65. The molecule has 0 aromatic carbocycles. The van der Waals surface area contributed by atoms with Crippen molar-refractivity contribution in [1.29, 1.82) is 0 Å². The van der Waals surface area contributed by atoms with Crippen molar-refractivity contribution < 1.29 is 4.74 Å². The maximum Gasteiger partial charge on any atom is 0.0727 e. The summed E-state index contributed by atoms with van der Waals surface area (Å²) in [5.41, 5.74) is 3.64. The zero-order valence-electron chi connectivity index (χ0n) is 16.9. The van der Waals surface area contributed by atoms with Crippen molar-refractivity contribution in [2.75, 3.05) is 6.61 Å². The van der Waals surface area contributed by atoms with Gasteiger partial charge in [-0.05, 0) is 65.7 Å². The lowest BCUT2D eigenvalue weighted by molar-refractivity contribution is 0.112. The summed E-state index contributed by atoms with van der Waals surface area (Å²) in [6.07, 6.45) is 6.32. The Hall–Kier alpha value is -0.640. The van der Waals surface area contributed by atoms with E-state index in [-0.39, 0.29) is 10.8 Å². The van der Waals surface area contributed by atoms with E-state index in [1.165, 1.54) is 31.2 Å². The van der Waals surface area contributed by atoms with Crippen LogP contribution < -0.4 is 0 Å². The fraction of sp³-hybridized carbons (Fsp3) is 0.652. The summed E-state index contributed by atoms with van der Waals surface area (Å²) in [6.45, 7) is 13.6. The molecule has 142 valence electrons. The Bertz CT molecular complexity index is 764. The number of rotatable bonds is 3. The highest BCUT2D eigenvalue weighted by molar-refractivity contribution is 7.12. The topological polar surface area (TPSA) is 9.23 Å². The van der Waals surface area contributed by atoms with Crippen LogP contribution in [0.3, 0.4) is 0 Å². The van der Waals surface area contributed by atoms with Gasteiger partial charge in [-0.25, -0.2) is 0 Å². The van der Waals surface area contributed by atoms with Crippen LogP contribution in [0.2, 0.25) is 0 Å². The number of fused-ring (bicyclic) bond motifs is 2. The molecule has 0 spiro atoms. The molecule has 0 N–H and O–H groups in total. The van der Waals surface area contributed by atoms with Crippen molar-refractivity contribution in [3.05, 3.63) is 42.8 Å². The molecular weight excluding hydrogens is 356 g/mol. The fourth-order valence-electron chi connectivity index (χ4n) is 4.42. The highest BCUT2D eigenvalue weighted by Crippen LogP contribution is 2.43. The molecule has 0 fully saturated rings. The first-order chi connectivity index (χ1) is 12.2. The molecule has 0 amide bonds. The SMILES string of the molecule is CC(C)(C)c1cc2c(s1)CC(CC(C)(C)c1cc3c(s1)CCOC3)CC2. The van der Waals surface area contributed by atoms with Gasteiger partial charge in [-0.15, -0.1) is 22.7 Å². The van der Waals surface area contributed by atoms with Gasteiger partial charge in [0.15, 0.2) is 0 Å². The van der Waals surface area contributed by atoms with Crippen molar-refractivity contribution in [1.82, 2.24) is 0 Å². The maximum absolute atomic E-state index is 5.65. The normalized spacial score (nSPS) is 20.7. The van der Waals surface area contributed by atoms with E-state index >= 15 is 0 Å². The van der Waals surface area contributed by atoms with Gasteiger partial charge in [0.25, 0.3) is 0 Å². The van der Waals surface area contributed by atoms with E-state index in [0.29, 0.717) is 0 Å². The number of aryl methyl sites for hydroxylation is 1. The molecule has 4 rings (SSSR count). The fourth-order valence-corrected chi connectivity index (χ4v) is 7.07. The average Bonchev–Trinajstić information content (AvgIpc) is 3.18. The minimum atomic E-state index is 0.272. The van der Waals surface area contributed by atoms with Crippen LogP contribution in [0.1, 0.15) is 78.1 Å². The predicted molar refractivity (Wildman–Crippen MR) is 114 cm³/mol. The van der Waals surface area contributed by atoms with Crippen molar-refractivity contribution in [2.45, 2.75) is 84.2 Å². The van der Waals surface area contributed by atoms with Gasteiger partial charge in [0.05, 0.1) is 13.2 Å². The van der Waals surface area contributed by atoms with Gasteiger partial charge in [-0.2, -0.15) is 0 Å². The minimum Gasteiger partial charge on any atom is -0.376 e. The summed E-state index contributed by atoms with van der Waals surface area (Å²) < 4.78 is 5.65. The third-order valence-corrected chi connectivity index (χ3v) is 9.25. The second kappa shape index (κ2) is 6.76. The molecule has 2 aromatic rings. The third kappa shape index (κ3) is 3.68. The van der Waals surface area contributed by atoms with Gasteiger partial charge in [-0.3, -0.25) is 0 Å². The van der Waals surface area contributed by atoms with Crippen LogP contribution in [0.4, 0.5) is 0 Å². The van der Waals surface area contributed by atoms with Gasteiger partial charge >= 0.3 is 0 Å². The monoisotopic (exact) mass is 388 g/mol. The van der Waals surface area contributed by atoms with E-state index < -0.39 is 0 Å². The van der Waals surface area contributed by atoms with Crippen LogP contribution in [0.15, 0.2) is 12.1 Å². The van der Waals surface area contributed by atoms with Crippen LogP contribution in [-0.4, -0.2) is 6.61 Å². The lowest BCUT2D eigenvalue weighted by Gasteiger charge is -2.31. The summed E-state index contributed by atoms with van der Waals surface area (Å²) in [4.78, 5) is 6.37. The highest BCUT2D eigenvalue weighted by Gasteiger charge is 2.32. The summed E-state index contributed by atoms with van der Waals surface area (Å²) in [7, 11) is 0. The summed E-state index contributed by atoms with van der Waals surface area (Å²) in [5, 5.41) is 0. The Morgan fingerprint density at radius 1 is 0.962 bits per heavy atom. The molecule has 0 saturated carbocycles. The van der Waals surface area contributed by atoms with Gasteiger partial charge in [0, 0.05) is 25.9 Å². The minimum absolute atomic E-state index is 0.272. The number of thiophene rings is 2. The first-order valence-electron chi connectivity index (χ1n) is 10.0. The summed E-state index contributed by atoms with van der Waals surface area (Å²) in [5.74, 6) is 0.819. The molecule has 0 radical (unpaired) electrons. The highest BCUT2D eigenvalue weighted by atomic mass is 32.1. The Morgan fingerprint density at radius 3 is 2.42 bits per heavy atom. The second-order valence-corrected chi connectivity index (χ2v) is 12.1. The van der Waals surface area contributed by atoms with Crippen molar-refractivity contribution in [3.8, 4) is 0 Å². The smallest absolute Gasteiger partial charge is 0.0727 e.